The van der Waals surface area contributed by atoms with E-state index < -0.39 is 0 Å². The number of amides is 1. The van der Waals surface area contributed by atoms with Crippen molar-refractivity contribution in [3.05, 3.63) is 53.5 Å². The number of aromatic nitrogens is 2. The fraction of sp³-hybridized carbons (Fsp3) is 0.214. The molecule has 0 radical (unpaired) electrons. The maximum atomic E-state index is 12.4. The van der Waals surface area contributed by atoms with Crippen molar-refractivity contribution >= 4 is 11.7 Å². The van der Waals surface area contributed by atoms with Crippen LogP contribution >= 0.6 is 0 Å². The molecule has 0 bridgehead atoms. The predicted octanol–water partition coefficient (Wildman–Crippen LogP) is 0.961. The third-order valence-electron chi connectivity index (χ3n) is 3.39. The molecule has 3 N–H and O–H groups in total. The van der Waals surface area contributed by atoms with Gasteiger partial charge in [0.2, 0.25) is 0 Å². The quantitative estimate of drug-likeness (QED) is 0.640. The molecule has 0 fully saturated rings. The minimum atomic E-state index is 0.0506. The molecule has 0 spiro atoms. The van der Waals surface area contributed by atoms with Crippen molar-refractivity contribution in [2.45, 2.75) is 13.0 Å². The summed E-state index contributed by atoms with van der Waals surface area (Å²) in [4.78, 5) is 22.5. The van der Waals surface area contributed by atoms with E-state index >= 15 is 0 Å². The van der Waals surface area contributed by atoms with Gasteiger partial charge in [-0.15, -0.1) is 0 Å². The van der Waals surface area contributed by atoms with Gasteiger partial charge in [0, 0.05) is 12.1 Å². The summed E-state index contributed by atoms with van der Waals surface area (Å²) in [6, 6.07) is 7.73. The molecule has 1 amide bonds. The van der Waals surface area contributed by atoms with E-state index in [2.05, 4.69) is 15.4 Å². The number of carbonyl (C=O) groups is 1. The summed E-state index contributed by atoms with van der Waals surface area (Å²) in [7, 11) is 0. The summed E-state index contributed by atoms with van der Waals surface area (Å²) < 4.78 is 0. The molecule has 6 heteroatoms. The molecule has 2 aromatic rings. The van der Waals surface area contributed by atoms with Crippen molar-refractivity contribution in [1.29, 1.82) is 0 Å². The molecule has 1 aromatic carbocycles. The number of benzene rings is 1. The molecule has 0 atom stereocenters. The minimum Gasteiger partial charge on any atom is -0.332 e. The number of nitrogens with one attached hydrogen (secondary N) is 1. The van der Waals surface area contributed by atoms with Gasteiger partial charge in [0.25, 0.3) is 5.91 Å². The molecule has 0 aliphatic carbocycles. The third kappa shape index (κ3) is 2.33. The number of hydrazine groups is 1. The number of carbonyl (C=O) groups excluding carboxylic acids is 1. The zero-order valence-electron chi connectivity index (χ0n) is 10.9. The van der Waals surface area contributed by atoms with Crippen molar-refractivity contribution < 1.29 is 4.79 Å². The monoisotopic (exact) mass is 269 g/mol. The zero-order chi connectivity index (χ0) is 13.9. The number of hydrogen-bond acceptors (Lipinski definition) is 5. The van der Waals surface area contributed by atoms with Crippen LogP contribution in [-0.2, 0) is 13.0 Å². The molecule has 0 saturated carbocycles. The van der Waals surface area contributed by atoms with Crippen molar-refractivity contribution in [1.82, 2.24) is 14.9 Å². The Morgan fingerprint density at radius 2 is 2.10 bits per heavy atom. The molecule has 20 heavy (non-hydrogen) atoms. The van der Waals surface area contributed by atoms with Crippen LogP contribution in [0.15, 0.2) is 36.7 Å². The van der Waals surface area contributed by atoms with Gasteiger partial charge in [-0.1, -0.05) is 18.2 Å². The molecule has 3 rings (SSSR count). The SMILES string of the molecule is NNc1cnc(CN2CCc3ccccc3C2=O)cn1. The van der Waals surface area contributed by atoms with Gasteiger partial charge in [0.15, 0.2) is 5.82 Å². The van der Waals surface area contributed by atoms with Crippen LogP contribution in [0.25, 0.3) is 0 Å². The first kappa shape index (κ1) is 12.6. The topological polar surface area (TPSA) is 84.1 Å². The van der Waals surface area contributed by atoms with Crippen LogP contribution in [0.2, 0.25) is 0 Å². The molecular weight excluding hydrogens is 254 g/mol. The van der Waals surface area contributed by atoms with E-state index in [4.69, 9.17) is 5.84 Å². The van der Waals surface area contributed by atoms with Gasteiger partial charge in [-0.2, -0.15) is 0 Å². The second kappa shape index (κ2) is 5.26. The summed E-state index contributed by atoms with van der Waals surface area (Å²) in [5.74, 6) is 5.80. The normalized spacial score (nSPS) is 14.1. The Kier molecular flexibility index (Phi) is 3.30. The molecular formula is C14H15N5O. The summed E-state index contributed by atoms with van der Waals surface area (Å²) in [6.45, 7) is 1.17. The standard InChI is InChI=1S/C14H15N5O/c15-18-13-8-16-11(7-17-13)9-19-6-5-10-3-1-2-4-12(10)14(19)20/h1-4,7-8H,5-6,9,15H2,(H,17,18). The Labute approximate surface area is 116 Å². The summed E-state index contributed by atoms with van der Waals surface area (Å²) in [5, 5.41) is 0. The highest BCUT2D eigenvalue weighted by Crippen LogP contribution is 2.19. The predicted molar refractivity (Wildman–Crippen MR) is 74.7 cm³/mol. The minimum absolute atomic E-state index is 0.0506. The number of anilines is 1. The fourth-order valence-corrected chi connectivity index (χ4v) is 2.33. The average Bonchev–Trinajstić information content (AvgIpc) is 2.51. The largest absolute Gasteiger partial charge is 0.332 e. The maximum Gasteiger partial charge on any atom is 0.254 e. The first-order valence-electron chi connectivity index (χ1n) is 6.42. The van der Waals surface area contributed by atoms with Crippen molar-refractivity contribution in [2.75, 3.05) is 12.0 Å². The first-order chi connectivity index (χ1) is 9.78. The Bertz CT molecular complexity index is 626. The van der Waals surface area contributed by atoms with Crippen molar-refractivity contribution in [3.8, 4) is 0 Å². The van der Waals surface area contributed by atoms with Gasteiger partial charge in [0.05, 0.1) is 24.6 Å². The molecule has 1 aliphatic heterocycles. The van der Waals surface area contributed by atoms with E-state index in [1.165, 1.54) is 0 Å². The zero-order valence-corrected chi connectivity index (χ0v) is 10.9. The molecule has 6 nitrogen and oxygen atoms in total. The third-order valence-corrected chi connectivity index (χ3v) is 3.39. The van der Waals surface area contributed by atoms with Crippen LogP contribution in [0.1, 0.15) is 21.6 Å². The lowest BCUT2D eigenvalue weighted by atomic mass is 9.99. The second-order valence-electron chi connectivity index (χ2n) is 4.67. The van der Waals surface area contributed by atoms with E-state index in [1.54, 1.807) is 17.3 Å². The first-order valence-corrected chi connectivity index (χ1v) is 6.42. The number of nitrogens with two attached hydrogens (primary N) is 1. The number of nitrogens with zero attached hydrogens (tertiary/aromatic N) is 3. The van der Waals surface area contributed by atoms with E-state index in [1.807, 2.05) is 24.3 Å². The highest BCUT2D eigenvalue weighted by molar-refractivity contribution is 5.96. The Morgan fingerprint density at radius 3 is 2.85 bits per heavy atom. The molecule has 0 saturated heterocycles. The van der Waals surface area contributed by atoms with Crippen molar-refractivity contribution in [3.63, 3.8) is 0 Å². The molecule has 1 aliphatic rings. The van der Waals surface area contributed by atoms with Gasteiger partial charge >= 0.3 is 0 Å². The van der Waals surface area contributed by atoms with E-state index in [9.17, 15) is 4.79 Å². The van der Waals surface area contributed by atoms with E-state index in [0.29, 0.717) is 18.9 Å². The van der Waals surface area contributed by atoms with Gasteiger partial charge in [0.1, 0.15) is 0 Å². The number of fused-ring (bicyclic) bond motifs is 1. The number of rotatable bonds is 3. The van der Waals surface area contributed by atoms with Crippen LogP contribution in [0, 0.1) is 0 Å². The highest BCUT2D eigenvalue weighted by atomic mass is 16.2. The van der Waals surface area contributed by atoms with E-state index in [0.717, 1.165) is 23.2 Å². The molecule has 1 aromatic heterocycles. The van der Waals surface area contributed by atoms with Crippen molar-refractivity contribution in [2.24, 2.45) is 5.84 Å². The average molecular weight is 269 g/mol. The van der Waals surface area contributed by atoms with Gasteiger partial charge in [-0.3, -0.25) is 9.78 Å². The Hall–Kier alpha value is -2.47. The lowest BCUT2D eigenvalue weighted by molar-refractivity contribution is 0.0725. The van der Waals surface area contributed by atoms with Gasteiger partial charge in [-0.25, -0.2) is 10.8 Å². The van der Waals surface area contributed by atoms with Gasteiger partial charge < -0.3 is 10.3 Å². The number of nitrogen functional groups attached to an aromatic ring is 1. The number of hydrogen-bond donors (Lipinski definition) is 2. The van der Waals surface area contributed by atoms with E-state index in [-0.39, 0.29) is 5.91 Å². The van der Waals surface area contributed by atoms with Gasteiger partial charge in [-0.05, 0) is 18.1 Å². The summed E-state index contributed by atoms with van der Waals surface area (Å²) >= 11 is 0. The van der Waals surface area contributed by atoms with Crippen LogP contribution in [0.5, 0.6) is 0 Å². The summed E-state index contributed by atoms with van der Waals surface area (Å²) in [6.07, 6.45) is 4.05. The smallest absolute Gasteiger partial charge is 0.254 e. The molecule has 2 heterocycles. The molecule has 102 valence electrons. The lowest BCUT2D eigenvalue weighted by Gasteiger charge is -2.28. The lowest BCUT2D eigenvalue weighted by Crippen LogP contribution is -2.37. The van der Waals surface area contributed by atoms with Crippen LogP contribution < -0.4 is 11.3 Å². The molecule has 0 unspecified atom stereocenters. The highest BCUT2D eigenvalue weighted by Gasteiger charge is 2.24. The Balaban J connectivity index is 1.77. The van der Waals surface area contributed by atoms with Crippen LogP contribution in [0.4, 0.5) is 5.82 Å². The van der Waals surface area contributed by atoms with Crippen LogP contribution in [0.3, 0.4) is 0 Å². The summed E-state index contributed by atoms with van der Waals surface area (Å²) in [5.41, 5.74) is 5.07. The van der Waals surface area contributed by atoms with Crippen LogP contribution in [-0.4, -0.2) is 27.3 Å². The second-order valence-corrected chi connectivity index (χ2v) is 4.67. The fourth-order valence-electron chi connectivity index (χ4n) is 2.33. The Morgan fingerprint density at radius 1 is 1.25 bits per heavy atom. The maximum absolute atomic E-state index is 12.4.